The molecule has 1 aliphatic heterocycles. The van der Waals surface area contributed by atoms with E-state index in [1.165, 1.54) is 24.3 Å². The second-order valence-corrected chi connectivity index (χ2v) is 7.40. The van der Waals surface area contributed by atoms with E-state index < -0.39 is 18.2 Å². The fourth-order valence-corrected chi connectivity index (χ4v) is 3.42. The average molecular weight is 410 g/mol. The molecule has 0 saturated heterocycles. The Hall–Kier alpha value is -3.12. The Labute approximate surface area is 175 Å². The van der Waals surface area contributed by atoms with E-state index in [1.54, 1.807) is 25.1 Å². The molecule has 0 fully saturated rings. The number of aromatic hydroxyl groups is 1. The molecule has 3 rings (SSSR count). The van der Waals surface area contributed by atoms with E-state index in [2.05, 4.69) is 6.92 Å². The van der Waals surface area contributed by atoms with Gasteiger partial charge in [0.15, 0.2) is 6.29 Å². The predicted molar refractivity (Wildman–Crippen MR) is 113 cm³/mol. The Bertz CT molecular complexity index is 962. The Balaban J connectivity index is 2.11. The van der Waals surface area contributed by atoms with Crippen LogP contribution in [-0.4, -0.2) is 34.7 Å². The number of aldehydes is 1. The topological polar surface area (TPSA) is 93.1 Å². The lowest BCUT2D eigenvalue weighted by Crippen LogP contribution is -2.30. The summed E-state index contributed by atoms with van der Waals surface area (Å²) in [5.41, 5.74) is 1.46. The van der Waals surface area contributed by atoms with Gasteiger partial charge in [-0.2, -0.15) is 0 Å². The van der Waals surface area contributed by atoms with E-state index in [1.807, 2.05) is 0 Å². The van der Waals surface area contributed by atoms with Gasteiger partial charge in [0.05, 0.1) is 11.1 Å². The first kappa shape index (κ1) is 21.6. The molecule has 1 heterocycles. The van der Waals surface area contributed by atoms with Gasteiger partial charge in [-0.1, -0.05) is 38.0 Å². The van der Waals surface area contributed by atoms with Crippen LogP contribution in [0.15, 0.2) is 36.4 Å². The van der Waals surface area contributed by atoms with Crippen molar-refractivity contribution in [2.45, 2.75) is 51.7 Å². The Morgan fingerprint density at radius 2 is 1.97 bits per heavy atom. The Morgan fingerprint density at radius 3 is 2.70 bits per heavy atom. The maximum absolute atomic E-state index is 12.8. The van der Waals surface area contributed by atoms with Crippen molar-refractivity contribution < 1.29 is 29.3 Å². The highest BCUT2D eigenvalue weighted by Crippen LogP contribution is 2.34. The number of benzene rings is 2. The minimum Gasteiger partial charge on any atom is -0.507 e. The number of aliphatic hydroxyl groups is 1. The van der Waals surface area contributed by atoms with E-state index in [-0.39, 0.29) is 11.3 Å². The molecule has 0 unspecified atom stereocenters. The van der Waals surface area contributed by atoms with E-state index in [4.69, 9.17) is 9.47 Å². The van der Waals surface area contributed by atoms with Crippen LogP contribution in [0.1, 0.15) is 64.4 Å². The van der Waals surface area contributed by atoms with Crippen LogP contribution in [0.25, 0.3) is 6.08 Å². The monoisotopic (exact) mass is 410 g/mol. The Morgan fingerprint density at radius 1 is 1.17 bits per heavy atom. The van der Waals surface area contributed by atoms with Gasteiger partial charge in [-0.3, -0.25) is 4.79 Å². The zero-order valence-corrected chi connectivity index (χ0v) is 17.1. The summed E-state index contributed by atoms with van der Waals surface area (Å²) in [4.78, 5) is 24.4. The lowest BCUT2D eigenvalue weighted by atomic mass is 10.0. The second kappa shape index (κ2) is 9.59. The van der Waals surface area contributed by atoms with Gasteiger partial charge in [0.25, 0.3) is 0 Å². The molecular formula is C24H26O6. The molecule has 2 N–H and O–H groups in total. The molecule has 2 aromatic carbocycles. The van der Waals surface area contributed by atoms with Crippen LogP contribution in [0.4, 0.5) is 0 Å². The van der Waals surface area contributed by atoms with Gasteiger partial charge in [-0.05, 0) is 49.6 Å². The lowest BCUT2D eigenvalue weighted by molar-refractivity contribution is -0.00748. The third-order valence-corrected chi connectivity index (χ3v) is 5.19. The summed E-state index contributed by atoms with van der Waals surface area (Å²) in [6, 6.07) is 7.95. The third kappa shape index (κ3) is 4.71. The van der Waals surface area contributed by atoms with Crippen LogP contribution >= 0.6 is 0 Å². The van der Waals surface area contributed by atoms with Crippen molar-refractivity contribution in [2.24, 2.45) is 0 Å². The molecule has 6 heteroatoms. The SMILES string of the molecule is CCCCC[C@@H]1OC(=O)c2cc(ccc2C)Oc2ccc(O)c(C=O)c2C=C[C@@H]1O. The minimum atomic E-state index is -1.08. The van der Waals surface area contributed by atoms with Crippen LogP contribution < -0.4 is 4.74 Å². The smallest absolute Gasteiger partial charge is 0.338 e. The van der Waals surface area contributed by atoms with Crippen molar-refractivity contribution in [3.8, 4) is 17.2 Å². The molecular weight excluding hydrogens is 384 g/mol. The molecule has 6 nitrogen and oxygen atoms in total. The van der Waals surface area contributed by atoms with Gasteiger partial charge < -0.3 is 19.7 Å². The molecule has 0 spiro atoms. The summed E-state index contributed by atoms with van der Waals surface area (Å²) in [5, 5.41) is 20.8. The quantitative estimate of drug-likeness (QED) is 0.418. The number of fused-ring (bicyclic) bond motifs is 3. The zero-order valence-electron chi connectivity index (χ0n) is 17.1. The first-order chi connectivity index (χ1) is 14.4. The molecule has 0 amide bonds. The van der Waals surface area contributed by atoms with Gasteiger partial charge in [0.1, 0.15) is 29.5 Å². The number of carbonyl (C=O) groups is 2. The van der Waals surface area contributed by atoms with Gasteiger partial charge in [0, 0.05) is 5.56 Å². The number of rotatable bonds is 5. The standard InChI is InChI=1S/C24H26O6/c1-3-4-5-6-23-21(27)10-9-17-19(14-25)20(26)11-12-22(17)29-16-8-7-15(2)18(13-16)24(28)30-23/h7-14,21,23,26-27H,3-6H2,1-2H3/t21-,23-/m0/s1. The van der Waals surface area contributed by atoms with Gasteiger partial charge in [-0.25, -0.2) is 4.79 Å². The summed E-state index contributed by atoms with van der Waals surface area (Å²) in [6.07, 6.45) is 4.97. The van der Waals surface area contributed by atoms with Crippen LogP contribution in [0.2, 0.25) is 0 Å². The summed E-state index contributed by atoms with van der Waals surface area (Å²) < 4.78 is 11.6. The number of phenolic OH excluding ortho intramolecular Hbond substituents is 1. The molecule has 30 heavy (non-hydrogen) atoms. The number of aliphatic hydroxyl groups excluding tert-OH is 1. The lowest BCUT2D eigenvalue weighted by Gasteiger charge is -2.23. The second-order valence-electron chi connectivity index (χ2n) is 7.40. The number of carbonyl (C=O) groups excluding carboxylic acids is 2. The highest BCUT2D eigenvalue weighted by molar-refractivity contribution is 5.92. The summed E-state index contributed by atoms with van der Waals surface area (Å²) in [7, 11) is 0. The zero-order chi connectivity index (χ0) is 21.7. The minimum absolute atomic E-state index is 0.0554. The predicted octanol–water partition coefficient (Wildman–Crippen LogP) is 4.80. The van der Waals surface area contributed by atoms with Crippen molar-refractivity contribution >= 4 is 18.3 Å². The van der Waals surface area contributed by atoms with Crippen LogP contribution in [0.5, 0.6) is 17.2 Å². The normalized spacial score (nSPS) is 18.4. The van der Waals surface area contributed by atoms with E-state index in [0.717, 1.165) is 24.8 Å². The maximum atomic E-state index is 12.8. The Kier molecular flexibility index (Phi) is 6.90. The number of cyclic esters (lactones) is 1. The van der Waals surface area contributed by atoms with Crippen LogP contribution in [0, 0.1) is 6.92 Å². The number of ether oxygens (including phenoxy) is 2. The number of esters is 1. The summed E-state index contributed by atoms with van der Waals surface area (Å²) >= 11 is 0. The number of unbranched alkanes of at least 4 members (excludes halogenated alkanes) is 2. The highest BCUT2D eigenvalue weighted by atomic mass is 16.6. The van der Waals surface area contributed by atoms with Crippen LogP contribution in [0.3, 0.4) is 0 Å². The summed E-state index contributed by atoms with van der Waals surface area (Å²) in [5.74, 6) is 0.0131. The van der Waals surface area contributed by atoms with Crippen molar-refractivity contribution in [3.05, 3.63) is 58.7 Å². The molecule has 0 saturated carbocycles. The average Bonchev–Trinajstić information content (AvgIpc) is 2.73. The van der Waals surface area contributed by atoms with Gasteiger partial charge in [0.2, 0.25) is 0 Å². The van der Waals surface area contributed by atoms with Gasteiger partial charge in [-0.15, -0.1) is 0 Å². The first-order valence-corrected chi connectivity index (χ1v) is 10.1. The van der Waals surface area contributed by atoms with E-state index in [0.29, 0.717) is 35.3 Å². The molecule has 0 aliphatic carbocycles. The fraction of sp³-hybridized carbons (Fsp3) is 0.333. The van der Waals surface area contributed by atoms with Crippen molar-refractivity contribution in [1.82, 2.24) is 0 Å². The van der Waals surface area contributed by atoms with E-state index >= 15 is 0 Å². The van der Waals surface area contributed by atoms with Gasteiger partial charge >= 0.3 is 5.97 Å². The van der Waals surface area contributed by atoms with Crippen molar-refractivity contribution in [2.75, 3.05) is 0 Å². The first-order valence-electron chi connectivity index (χ1n) is 10.1. The molecule has 1 aliphatic rings. The molecule has 2 atom stereocenters. The molecule has 2 aromatic rings. The number of hydrogen-bond donors (Lipinski definition) is 2. The largest absolute Gasteiger partial charge is 0.507 e. The number of hydrogen-bond acceptors (Lipinski definition) is 6. The number of phenols is 1. The van der Waals surface area contributed by atoms with Crippen LogP contribution in [-0.2, 0) is 4.74 Å². The number of aryl methyl sites for hydroxylation is 1. The maximum Gasteiger partial charge on any atom is 0.338 e. The molecule has 0 aromatic heterocycles. The molecule has 0 radical (unpaired) electrons. The third-order valence-electron chi connectivity index (χ3n) is 5.19. The van der Waals surface area contributed by atoms with Crippen molar-refractivity contribution in [3.63, 3.8) is 0 Å². The molecule has 158 valence electrons. The highest BCUT2D eigenvalue weighted by Gasteiger charge is 2.25. The molecule has 2 bridgehead atoms. The van der Waals surface area contributed by atoms with Crippen molar-refractivity contribution in [1.29, 1.82) is 0 Å². The fourth-order valence-electron chi connectivity index (χ4n) is 3.42. The summed E-state index contributed by atoms with van der Waals surface area (Å²) in [6.45, 7) is 3.87. The van der Waals surface area contributed by atoms with E-state index in [9.17, 15) is 19.8 Å².